The van der Waals surface area contributed by atoms with Gasteiger partial charge in [-0.15, -0.1) is 0 Å². The summed E-state index contributed by atoms with van der Waals surface area (Å²) in [6.07, 6.45) is 1.88. The second kappa shape index (κ2) is 6.22. The van der Waals surface area contributed by atoms with E-state index in [0.717, 1.165) is 6.54 Å². The Morgan fingerprint density at radius 1 is 1.50 bits per heavy atom. The van der Waals surface area contributed by atoms with E-state index in [9.17, 15) is 9.50 Å². The molecule has 0 aliphatic heterocycles. The number of halogens is 1. The number of hydrogen-bond acceptors (Lipinski definition) is 4. The first-order valence-electron chi connectivity index (χ1n) is 6.06. The number of aliphatic hydroxyl groups excluding tert-OH is 1. The molecule has 0 saturated carbocycles. The van der Waals surface area contributed by atoms with Crippen LogP contribution in [-0.4, -0.2) is 40.7 Å². The highest BCUT2D eigenvalue weighted by Crippen LogP contribution is 2.16. The summed E-state index contributed by atoms with van der Waals surface area (Å²) in [6.45, 7) is 4.77. The molecule has 1 aromatic rings. The van der Waals surface area contributed by atoms with E-state index in [1.165, 1.54) is 12.3 Å². The molecule has 5 heteroatoms. The summed E-state index contributed by atoms with van der Waals surface area (Å²) in [5.41, 5.74) is 6.42. The van der Waals surface area contributed by atoms with Crippen LogP contribution in [0.25, 0.3) is 0 Å². The number of rotatable bonds is 6. The van der Waals surface area contributed by atoms with Crippen molar-refractivity contribution in [3.05, 3.63) is 29.8 Å². The molecule has 0 aliphatic rings. The number of aliphatic hydroxyl groups is 1. The van der Waals surface area contributed by atoms with E-state index in [4.69, 9.17) is 5.73 Å². The summed E-state index contributed by atoms with van der Waals surface area (Å²) in [5, 5.41) is 9.25. The zero-order valence-corrected chi connectivity index (χ0v) is 11.2. The van der Waals surface area contributed by atoms with Gasteiger partial charge in [0.2, 0.25) is 0 Å². The molecule has 1 rings (SSSR count). The molecule has 1 aromatic heterocycles. The van der Waals surface area contributed by atoms with Crippen LogP contribution in [0.3, 0.4) is 0 Å². The van der Waals surface area contributed by atoms with Crippen LogP contribution in [0.2, 0.25) is 0 Å². The Bertz CT molecular complexity index is 367. The van der Waals surface area contributed by atoms with E-state index in [0.29, 0.717) is 12.1 Å². The standard InChI is InChI=1S/C13H22FN3O/c1-13(2,9-18)17(3)7-6-11(15)12-5-4-10(14)8-16-12/h4-5,8,11,18H,6-7,9,15H2,1-3H3. The molecular formula is C13H22FN3O. The van der Waals surface area contributed by atoms with Crippen molar-refractivity contribution in [1.29, 1.82) is 0 Å². The molecule has 0 bridgehead atoms. The molecule has 0 saturated heterocycles. The fraction of sp³-hybridized carbons (Fsp3) is 0.615. The van der Waals surface area contributed by atoms with Gasteiger partial charge in [0.25, 0.3) is 0 Å². The molecule has 1 heterocycles. The Labute approximate surface area is 108 Å². The summed E-state index contributed by atoms with van der Waals surface area (Å²) in [6, 6.07) is 2.75. The third kappa shape index (κ3) is 4.01. The monoisotopic (exact) mass is 255 g/mol. The minimum atomic E-state index is -0.357. The van der Waals surface area contributed by atoms with Crippen molar-refractivity contribution in [2.75, 3.05) is 20.2 Å². The molecule has 4 nitrogen and oxygen atoms in total. The summed E-state index contributed by atoms with van der Waals surface area (Å²) in [7, 11) is 1.95. The van der Waals surface area contributed by atoms with E-state index in [1.54, 1.807) is 6.07 Å². The zero-order chi connectivity index (χ0) is 13.8. The van der Waals surface area contributed by atoms with Crippen molar-refractivity contribution >= 4 is 0 Å². The largest absolute Gasteiger partial charge is 0.394 e. The minimum Gasteiger partial charge on any atom is -0.394 e. The lowest BCUT2D eigenvalue weighted by molar-refractivity contribution is 0.0766. The SMILES string of the molecule is CN(CCC(N)c1ccc(F)cn1)C(C)(C)CO. The maximum Gasteiger partial charge on any atom is 0.141 e. The third-order valence-corrected chi connectivity index (χ3v) is 3.33. The molecule has 3 N–H and O–H groups in total. The van der Waals surface area contributed by atoms with Crippen molar-refractivity contribution in [2.45, 2.75) is 31.8 Å². The number of pyridine rings is 1. The fourth-order valence-corrected chi connectivity index (χ4v) is 1.51. The molecule has 18 heavy (non-hydrogen) atoms. The molecule has 0 spiro atoms. The van der Waals surface area contributed by atoms with E-state index in [2.05, 4.69) is 9.88 Å². The Morgan fingerprint density at radius 3 is 2.67 bits per heavy atom. The summed E-state index contributed by atoms with van der Waals surface area (Å²) in [5.74, 6) is -0.357. The van der Waals surface area contributed by atoms with E-state index >= 15 is 0 Å². The molecule has 0 amide bonds. The van der Waals surface area contributed by atoms with Crippen molar-refractivity contribution in [1.82, 2.24) is 9.88 Å². The fourth-order valence-electron chi connectivity index (χ4n) is 1.51. The van der Waals surface area contributed by atoms with E-state index in [1.807, 2.05) is 20.9 Å². The second-order valence-corrected chi connectivity index (χ2v) is 5.19. The maximum absolute atomic E-state index is 12.7. The van der Waals surface area contributed by atoms with Crippen molar-refractivity contribution in [2.24, 2.45) is 5.73 Å². The smallest absolute Gasteiger partial charge is 0.141 e. The molecule has 0 radical (unpaired) electrons. The van der Waals surface area contributed by atoms with Gasteiger partial charge in [-0.3, -0.25) is 9.88 Å². The predicted molar refractivity (Wildman–Crippen MR) is 69.5 cm³/mol. The van der Waals surface area contributed by atoms with Gasteiger partial charge in [-0.05, 0) is 39.4 Å². The van der Waals surface area contributed by atoms with Gasteiger partial charge in [0.15, 0.2) is 0 Å². The number of nitrogens with zero attached hydrogens (tertiary/aromatic N) is 2. The molecular weight excluding hydrogens is 233 g/mol. The highest BCUT2D eigenvalue weighted by atomic mass is 19.1. The van der Waals surface area contributed by atoms with Gasteiger partial charge < -0.3 is 10.8 Å². The average molecular weight is 255 g/mol. The van der Waals surface area contributed by atoms with Gasteiger partial charge in [0.05, 0.1) is 18.5 Å². The summed E-state index contributed by atoms with van der Waals surface area (Å²) in [4.78, 5) is 6.02. The number of nitrogens with two attached hydrogens (primary N) is 1. The Balaban J connectivity index is 2.51. The van der Waals surface area contributed by atoms with Gasteiger partial charge in [0.1, 0.15) is 5.82 Å². The molecule has 0 aromatic carbocycles. The second-order valence-electron chi connectivity index (χ2n) is 5.19. The zero-order valence-electron chi connectivity index (χ0n) is 11.2. The van der Waals surface area contributed by atoms with Crippen LogP contribution in [0.15, 0.2) is 18.3 Å². The predicted octanol–water partition coefficient (Wildman–Crippen LogP) is 1.31. The molecule has 0 fully saturated rings. The first-order chi connectivity index (χ1) is 8.36. The number of likely N-dealkylation sites (N-methyl/N-ethyl adjacent to an activating group) is 1. The van der Waals surface area contributed by atoms with Gasteiger partial charge in [-0.1, -0.05) is 0 Å². The highest BCUT2D eigenvalue weighted by molar-refractivity contribution is 5.09. The Morgan fingerprint density at radius 2 is 2.17 bits per heavy atom. The van der Waals surface area contributed by atoms with Gasteiger partial charge >= 0.3 is 0 Å². The lowest BCUT2D eigenvalue weighted by Crippen LogP contribution is -2.45. The normalized spacial score (nSPS) is 13.9. The molecule has 102 valence electrons. The first kappa shape index (κ1) is 15.0. The summed E-state index contributed by atoms with van der Waals surface area (Å²) >= 11 is 0. The van der Waals surface area contributed by atoms with E-state index < -0.39 is 0 Å². The first-order valence-corrected chi connectivity index (χ1v) is 6.06. The number of aromatic nitrogens is 1. The van der Waals surface area contributed by atoms with Crippen LogP contribution >= 0.6 is 0 Å². The Hall–Kier alpha value is -1.04. The average Bonchev–Trinajstić information content (AvgIpc) is 2.36. The van der Waals surface area contributed by atoms with Crippen molar-refractivity contribution in [3.8, 4) is 0 Å². The van der Waals surface area contributed by atoms with Crippen LogP contribution in [-0.2, 0) is 0 Å². The van der Waals surface area contributed by atoms with E-state index in [-0.39, 0.29) is 24.0 Å². The van der Waals surface area contributed by atoms with Crippen LogP contribution in [0, 0.1) is 5.82 Å². The highest BCUT2D eigenvalue weighted by Gasteiger charge is 2.22. The molecule has 1 unspecified atom stereocenters. The van der Waals surface area contributed by atoms with Gasteiger partial charge in [0, 0.05) is 18.1 Å². The van der Waals surface area contributed by atoms with Crippen LogP contribution < -0.4 is 5.73 Å². The van der Waals surface area contributed by atoms with Crippen molar-refractivity contribution < 1.29 is 9.50 Å². The van der Waals surface area contributed by atoms with Crippen molar-refractivity contribution in [3.63, 3.8) is 0 Å². The number of hydrogen-bond donors (Lipinski definition) is 2. The molecule has 0 aliphatic carbocycles. The maximum atomic E-state index is 12.7. The lowest BCUT2D eigenvalue weighted by Gasteiger charge is -2.34. The van der Waals surface area contributed by atoms with Crippen LogP contribution in [0.5, 0.6) is 0 Å². The van der Waals surface area contributed by atoms with Gasteiger partial charge in [-0.2, -0.15) is 0 Å². The third-order valence-electron chi connectivity index (χ3n) is 3.33. The Kier molecular flexibility index (Phi) is 5.19. The minimum absolute atomic E-state index is 0.0908. The van der Waals surface area contributed by atoms with Crippen LogP contribution in [0.1, 0.15) is 32.0 Å². The molecule has 1 atom stereocenters. The lowest BCUT2D eigenvalue weighted by atomic mass is 10.0. The van der Waals surface area contributed by atoms with Gasteiger partial charge in [-0.25, -0.2) is 4.39 Å². The summed E-state index contributed by atoms with van der Waals surface area (Å²) < 4.78 is 12.7. The quantitative estimate of drug-likeness (QED) is 0.804. The topological polar surface area (TPSA) is 62.4 Å². The van der Waals surface area contributed by atoms with Crippen LogP contribution in [0.4, 0.5) is 4.39 Å².